The lowest BCUT2D eigenvalue weighted by atomic mass is 10.4. The van der Waals surface area contributed by atoms with Crippen LogP contribution in [0.5, 0.6) is 0 Å². The molecule has 0 bridgehead atoms. The molecule has 0 unspecified atom stereocenters. The second kappa shape index (κ2) is 12.3. The molecule has 2 heteroatoms. The average Bonchev–Trinajstić information content (AvgIpc) is 2.80. The van der Waals surface area contributed by atoms with Crippen molar-refractivity contribution >= 4 is 37.7 Å². The monoisotopic (exact) mass is 414 g/mol. The van der Waals surface area contributed by atoms with Crippen LogP contribution in [0.3, 0.4) is 0 Å². The lowest BCUT2D eigenvalue weighted by Crippen LogP contribution is -2.13. The first-order valence-electron chi connectivity index (χ1n) is 10.1. The molecule has 0 spiro atoms. The first kappa shape index (κ1) is 21.4. The quantitative estimate of drug-likeness (QED) is 0.348. The standard InChI is InChI=1S/C15H17P.C12H11P/c1-2-13-16(14-9-5-3-6-10-14)15-11-7-4-8-12-15;1-3-7-11(8-4-1)13-12-9-5-2-6-10-12/h3-12H,2,13H2,1H3;1-10,13H. The van der Waals surface area contributed by atoms with Crippen molar-refractivity contribution in [2.24, 2.45) is 0 Å². The van der Waals surface area contributed by atoms with E-state index in [1.54, 1.807) is 0 Å². The van der Waals surface area contributed by atoms with Crippen molar-refractivity contribution in [3.63, 3.8) is 0 Å². The third kappa shape index (κ3) is 7.25. The first-order chi connectivity index (χ1) is 14.4. The van der Waals surface area contributed by atoms with E-state index in [4.69, 9.17) is 0 Å². The molecule has 0 heterocycles. The molecule has 146 valence electrons. The van der Waals surface area contributed by atoms with Crippen LogP contribution < -0.4 is 21.2 Å². The summed E-state index contributed by atoms with van der Waals surface area (Å²) in [6.07, 6.45) is 2.53. The largest absolute Gasteiger partial charge is 0.0650 e. The molecule has 0 aliphatic heterocycles. The zero-order valence-electron chi connectivity index (χ0n) is 16.9. The van der Waals surface area contributed by atoms with Crippen LogP contribution in [0.15, 0.2) is 121 Å². The van der Waals surface area contributed by atoms with E-state index in [-0.39, 0.29) is 7.92 Å². The number of benzene rings is 4. The Bertz CT molecular complexity index is 846. The van der Waals surface area contributed by atoms with Crippen LogP contribution in [0.1, 0.15) is 13.3 Å². The van der Waals surface area contributed by atoms with Gasteiger partial charge in [0, 0.05) is 0 Å². The molecule has 0 saturated heterocycles. The van der Waals surface area contributed by atoms with Gasteiger partial charge < -0.3 is 0 Å². The van der Waals surface area contributed by atoms with Gasteiger partial charge in [0.15, 0.2) is 0 Å². The van der Waals surface area contributed by atoms with Gasteiger partial charge in [0.05, 0.1) is 0 Å². The summed E-state index contributed by atoms with van der Waals surface area (Å²) in [5.41, 5.74) is 0. The minimum absolute atomic E-state index is 0.151. The Kier molecular flexibility index (Phi) is 9.12. The highest BCUT2D eigenvalue weighted by Crippen LogP contribution is 2.33. The van der Waals surface area contributed by atoms with E-state index in [1.165, 1.54) is 33.8 Å². The molecular weight excluding hydrogens is 386 g/mol. The maximum atomic E-state index is 2.27. The molecule has 0 atom stereocenters. The van der Waals surface area contributed by atoms with Crippen molar-refractivity contribution in [3.8, 4) is 0 Å². The lowest BCUT2D eigenvalue weighted by molar-refractivity contribution is 1.10. The average molecular weight is 414 g/mol. The Morgan fingerprint density at radius 3 is 1.21 bits per heavy atom. The zero-order valence-corrected chi connectivity index (χ0v) is 18.8. The minimum Gasteiger partial charge on any atom is -0.0650 e. The molecular formula is C27H28P2. The van der Waals surface area contributed by atoms with Gasteiger partial charge >= 0.3 is 0 Å². The third-order valence-electron chi connectivity index (χ3n) is 4.42. The van der Waals surface area contributed by atoms with Crippen molar-refractivity contribution in [2.75, 3.05) is 6.16 Å². The van der Waals surface area contributed by atoms with E-state index in [0.717, 1.165) is 8.58 Å². The van der Waals surface area contributed by atoms with Crippen LogP contribution >= 0.6 is 16.5 Å². The summed E-state index contributed by atoms with van der Waals surface area (Å²) in [4.78, 5) is 0. The number of rotatable bonds is 6. The fourth-order valence-corrected chi connectivity index (χ4v) is 6.43. The second-order valence-corrected chi connectivity index (χ2v) is 10.4. The van der Waals surface area contributed by atoms with E-state index in [2.05, 4.69) is 128 Å². The van der Waals surface area contributed by atoms with Crippen LogP contribution in [0.25, 0.3) is 0 Å². The number of hydrogen-bond acceptors (Lipinski definition) is 0. The topological polar surface area (TPSA) is 0 Å². The molecule has 0 aliphatic carbocycles. The van der Waals surface area contributed by atoms with E-state index >= 15 is 0 Å². The summed E-state index contributed by atoms with van der Waals surface area (Å²) in [6, 6.07) is 42.9. The lowest BCUT2D eigenvalue weighted by Gasteiger charge is -2.17. The van der Waals surface area contributed by atoms with Crippen LogP contribution in [-0.2, 0) is 0 Å². The molecule has 29 heavy (non-hydrogen) atoms. The fraction of sp³-hybridized carbons (Fsp3) is 0.111. The van der Waals surface area contributed by atoms with Crippen LogP contribution in [-0.4, -0.2) is 6.16 Å². The summed E-state index contributed by atoms with van der Waals surface area (Å²) in [6.45, 7) is 2.27. The Hall–Kier alpha value is -2.26. The SMILES string of the molecule is CCCP(c1ccccc1)c1ccccc1.c1ccc(Pc2ccccc2)cc1. The van der Waals surface area contributed by atoms with Crippen molar-refractivity contribution in [1.29, 1.82) is 0 Å². The van der Waals surface area contributed by atoms with Crippen molar-refractivity contribution in [2.45, 2.75) is 13.3 Å². The van der Waals surface area contributed by atoms with Gasteiger partial charge in [-0.25, -0.2) is 0 Å². The maximum Gasteiger partial charge on any atom is -0.0195 e. The highest BCUT2D eigenvalue weighted by Gasteiger charge is 2.11. The van der Waals surface area contributed by atoms with Gasteiger partial charge in [0.25, 0.3) is 0 Å². The molecule has 0 nitrogen and oxygen atoms in total. The normalized spacial score (nSPS) is 10.3. The van der Waals surface area contributed by atoms with E-state index < -0.39 is 0 Å². The Labute approximate surface area is 178 Å². The highest BCUT2D eigenvalue weighted by molar-refractivity contribution is 7.73. The van der Waals surface area contributed by atoms with Gasteiger partial charge in [-0.1, -0.05) is 143 Å². The molecule has 0 aromatic heterocycles. The molecule has 0 amide bonds. The highest BCUT2D eigenvalue weighted by atomic mass is 31.1. The predicted octanol–water partition coefficient (Wildman–Crippen LogP) is 5.85. The summed E-state index contributed by atoms with van der Waals surface area (Å²) in [7, 11) is 0.626. The summed E-state index contributed by atoms with van der Waals surface area (Å²) < 4.78 is 0. The van der Waals surface area contributed by atoms with Crippen molar-refractivity contribution < 1.29 is 0 Å². The van der Waals surface area contributed by atoms with Gasteiger partial charge in [0.2, 0.25) is 0 Å². The van der Waals surface area contributed by atoms with E-state index in [1.807, 2.05) is 0 Å². The summed E-state index contributed by atoms with van der Waals surface area (Å²) in [5, 5.41) is 5.78. The molecule has 0 radical (unpaired) electrons. The summed E-state index contributed by atoms with van der Waals surface area (Å²) in [5.74, 6) is 0. The van der Waals surface area contributed by atoms with Gasteiger partial charge in [-0.3, -0.25) is 0 Å². The predicted molar refractivity (Wildman–Crippen MR) is 135 cm³/mol. The van der Waals surface area contributed by atoms with Gasteiger partial charge in [0.1, 0.15) is 0 Å². The molecule has 4 aromatic carbocycles. The maximum absolute atomic E-state index is 2.27. The Morgan fingerprint density at radius 1 is 0.517 bits per heavy atom. The minimum atomic E-state index is -0.151. The van der Waals surface area contributed by atoms with Gasteiger partial charge in [-0.15, -0.1) is 0 Å². The van der Waals surface area contributed by atoms with Crippen LogP contribution in [0.4, 0.5) is 0 Å². The second-order valence-electron chi connectivity index (χ2n) is 6.68. The van der Waals surface area contributed by atoms with E-state index in [0.29, 0.717) is 0 Å². The molecule has 0 N–H and O–H groups in total. The van der Waals surface area contributed by atoms with Gasteiger partial charge in [-0.2, -0.15) is 0 Å². The Balaban J connectivity index is 0.000000169. The van der Waals surface area contributed by atoms with Gasteiger partial charge in [-0.05, 0) is 35.3 Å². The van der Waals surface area contributed by atoms with Crippen LogP contribution in [0.2, 0.25) is 0 Å². The van der Waals surface area contributed by atoms with Crippen molar-refractivity contribution in [1.82, 2.24) is 0 Å². The molecule has 4 aromatic rings. The third-order valence-corrected chi connectivity index (χ3v) is 8.40. The Morgan fingerprint density at radius 2 is 0.862 bits per heavy atom. The fourth-order valence-electron chi connectivity index (χ4n) is 3.06. The molecule has 4 rings (SSSR count). The van der Waals surface area contributed by atoms with Crippen molar-refractivity contribution in [3.05, 3.63) is 121 Å². The first-order valence-corrected chi connectivity index (χ1v) is 12.6. The smallest absolute Gasteiger partial charge is 0.0195 e. The van der Waals surface area contributed by atoms with E-state index in [9.17, 15) is 0 Å². The number of hydrogen-bond donors (Lipinski definition) is 0. The van der Waals surface area contributed by atoms with Crippen LogP contribution in [0, 0.1) is 0 Å². The summed E-state index contributed by atoms with van der Waals surface area (Å²) >= 11 is 0. The molecule has 0 aliphatic rings. The molecule has 0 saturated carbocycles. The zero-order chi connectivity index (χ0) is 20.2. The molecule has 0 fully saturated rings.